The van der Waals surface area contributed by atoms with E-state index < -0.39 is 0 Å². The Bertz CT molecular complexity index is 811. The molecule has 0 heterocycles. The van der Waals surface area contributed by atoms with Crippen molar-refractivity contribution in [3.05, 3.63) is 94.6 Å². The van der Waals surface area contributed by atoms with Crippen molar-refractivity contribution in [1.82, 2.24) is 0 Å². The largest absolute Gasteiger partial charge is 0.289 e. The number of hydrogen-bond acceptors (Lipinski definition) is 2. The molecule has 0 amide bonds. The third-order valence-corrected chi connectivity index (χ3v) is 3.89. The van der Waals surface area contributed by atoms with E-state index >= 15 is 0 Å². The summed E-state index contributed by atoms with van der Waals surface area (Å²) in [6.07, 6.45) is 7.71. The summed E-state index contributed by atoms with van der Waals surface area (Å²) >= 11 is 0. The van der Waals surface area contributed by atoms with E-state index in [4.69, 9.17) is 0 Å². The SMILES string of the molecule is Cc1cc(C(=O)C2=CCCC=C2)cc(C(=O)c2ccccc2)c1. The molecule has 0 fully saturated rings. The summed E-state index contributed by atoms with van der Waals surface area (Å²) in [4.78, 5) is 25.2. The van der Waals surface area contributed by atoms with E-state index in [1.165, 1.54) is 0 Å². The van der Waals surface area contributed by atoms with Gasteiger partial charge in [0.1, 0.15) is 0 Å². The molecule has 1 aliphatic rings. The van der Waals surface area contributed by atoms with Crippen LogP contribution in [0.4, 0.5) is 0 Å². The van der Waals surface area contributed by atoms with Gasteiger partial charge in [-0.25, -0.2) is 0 Å². The lowest BCUT2D eigenvalue weighted by Crippen LogP contribution is -2.07. The Morgan fingerprint density at radius 2 is 1.52 bits per heavy atom. The minimum Gasteiger partial charge on any atom is -0.289 e. The molecule has 0 spiro atoms. The van der Waals surface area contributed by atoms with E-state index in [1.54, 1.807) is 18.2 Å². The van der Waals surface area contributed by atoms with Gasteiger partial charge in [-0.1, -0.05) is 48.6 Å². The molecule has 2 aromatic rings. The molecule has 2 aromatic carbocycles. The van der Waals surface area contributed by atoms with Gasteiger partial charge in [-0.2, -0.15) is 0 Å². The van der Waals surface area contributed by atoms with Gasteiger partial charge in [0.25, 0.3) is 0 Å². The Morgan fingerprint density at radius 3 is 2.17 bits per heavy atom. The summed E-state index contributed by atoms with van der Waals surface area (Å²) < 4.78 is 0. The van der Waals surface area contributed by atoms with E-state index in [2.05, 4.69) is 0 Å². The zero-order chi connectivity index (χ0) is 16.2. The standard InChI is InChI=1S/C21H18O2/c1-15-12-18(20(22)16-8-4-2-5-9-16)14-19(13-15)21(23)17-10-6-3-7-11-17/h2,4-6,8-14H,3,7H2,1H3. The van der Waals surface area contributed by atoms with Crippen molar-refractivity contribution in [3.63, 3.8) is 0 Å². The van der Waals surface area contributed by atoms with Gasteiger partial charge in [-0.05, 0) is 43.5 Å². The van der Waals surface area contributed by atoms with Crippen molar-refractivity contribution < 1.29 is 9.59 Å². The normalized spacial score (nSPS) is 13.5. The van der Waals surface area contributed by atoms with Crippen LogP contribution in [0.1, 0.15) is 44.7 Å². The Labute approximate surface area is 136 Å². The number of rotatable bonds is 4. The van der Waals surface area contributed by atoms with Crippen LogP contribution in [0.2, 0.25) is 0 Å². The lowest BCUT2D eigenvalue weighted by molar-refractivity contribution is 0.103. The number of carbonyl (C=O) groups excluding carboxylic acids is 2. The van der Waals surface area contributed by atoms with Crippen LogP contribution in [0.3, 0.4) is 0 Å². The number of carbonyl (C=O) groups is 2. The van der Waals surface area contributed by atoms with E-state index in [1.807, 2.05) is 55.5 Å². The summed E-state index contributed by atoms with van der Waals surface area (Å²) in [6, 6.07) is 14.5. The second-order valence-electron chi connectivity index (χ2n) is 5.75. The third kappa shape index (κ3) is 3.37. The lowest BCUT2D eigenvalue weighted by Gasteiger charge is -2.09. The number of ketones is 2. The van der Waals surface area contributed by atoms with Crippen molar-refractivity contribution in [2.24, 2.45) is 0 Å². The highest BCUT2D eigenvalue weighted by atomic mass is 16.1. The zero-order valence-corrected chi connectivity index (χ0v) is 13.1. The number of allylic oxidation sites excluding steroid dienone is 4. The first-order valence-electron chi connectivity index (χ1n) is 7.78. The molecule has 0 N–H and O–H groups in total. The monoisotopic (exact) mass is 302 g/mol. The minimum absolute atomic E-state index is 0.0215. The molecule has 23 heavy (non-hydrogen) atoms. The smallest absolute Gasteiger partial charge is 0.193 e. The highest BCUT2D eigenvalue weighted by Gasteiger charge is 2.16. The lowest BCUT2D eigenvalue weighted by atomic mass is 9.93. The third-order valence-electron chi connectivity index (χ3n) is 3.89. The predicted octanol–water partition coefficient (Wildman–Crippen LogP) is 4.69. The molecule has 0 bridgehead atoms. The fraction of sp³-hybridized carbons (Fsp3) is 0.143. The van der Waals surface area contributed by atoms with Crippen LogP contribution in [0.5, 0.6) is 0 Å². The fourth-order valence-electron chi connectivity index (χ4n) is 2.75. The molecule has 0 aliphatic heterocycles. The first-order valence-corrected chi connectivity index (χ1v) is 7.78. The molecule has 0 saturated carbocycles. The molecular weight excluding hydrogens is 284 g/mol. The van der Waals surface area contributed by atoms with Crippen LogP contribution < -0.4 is 0 Å². The molecule has 2 nitrogen and oxygen atoms in total. The van der Waals surface area contributed by atoms with Crippen LogP contribution in [0.25, 0.3) is 0 Å². The zero-order valence-electron chi connectivity index (χ0n) is 13.1. The van der Waals surface area contributed by atoms with Crippen LogP contribution in [-0.2, 0) is 0 Å². The van der Waals surface area contributed by atoms with Crippen molar-refractivity contribution >= 4 is 11.6 Å². The molecule has 0 saturated heterocycles. The average molecular weight is 302 g/mol. The maximum atomic E-state index is 12.6. The maximum Gasteiger partial charge on any atom is 0.193 e. The Balaban J connectivity index is 1.96. The molecule has 0 unspecified atom stereocenters. The molecule has 0 aromatic heterocycles. The first kappa shape index (κ1) is 15.2. The quantitative estimate of drug-likeness (QED) is 0.768. The van der Waals surface area contributed by atoms with E-state index in [-0.39, 0.29) is 11.6 Å². The molecule has 2 heteroatoms. The van der Waals surface area contributed by atoms with Gasteiger partial charge >= 0.3 is 0 Å². The van der Waals surface area contributed by atoms with Crippen LogP contribution >= 0.6 is 0 Å². The Morgan fingerprint density at radius 1 is 0.826 bits per heavy atom. The summed E-state index contributed by atoms with van der Waals surface area (Å²) in [7, 11) is 0. The van der Waals surface area contributed by atoms with Gasteiger partial charge < -0.3 is 0 Å². The van der Waals surface area contributed by atoms with E-state index in [9.17, 15) is 9.59 Å². The average Bonchev–Trinajstić information content (AvgIpc) is 2.61. The molecule has 1 aliphatic carbocycles. The fourth-order valence-corrected chi connectivity index (χ4v) is 2.75. The second kappa shape index (κ2) is 6.57. The predicted molar refractivity (Wildman–Crippen MR) is 91.8 cm³/mol. The topological polar surface area (TPSA) is 34.1 Å². The highest BCUT2D eigenvalue weighted by Crippen LogP contribution is 2.20. The summed E-state index contributed by atoms with van der Waals surface area (Å²) in [5.41, 5.74) is 3.38. The summed E-state index contributed by atoms with van der Waals surface area (Å²) in [5.74, 6) is -0.0803. The summed E-state index contributed by atoms with van der Waals surface area (Å²) in [6.45, 7) is 1.91. The van der Waals surface area contributed by atoms with Crippen molar-refractivity contribution in [2.45, 2.75) is 19.8 Å². The Hall–Kier alpha value is -2.74. The van der Waals surface area contributed by atoms with Crippen molar-refractivity contribution in [2.75, 3.05) is 0 Å². The summed E-state index contributed by atoms with van der Waals surface area (Å²) in [5, 5.41) is 0. The van der Waals surface area contributed by atoms with Crippen molar-refractivity contribution in [3.8, 4) is 0 Å². The first-order chi connectivity index (χ1) is 11.1. The van der Waals surface area contributed by atoms with Crippen molar-refractivity contribution in [1.29, 1.82) is 0 Å². The number of Topliss-reactive ketones (excluding diaryl/α,β-unsaturated/α-hetero) is 1. The van der Waals surface area contributed by atoms with Crippen LogP contribution in [0, 0.1) is 6.92 Å². The number of aryl methyl sites for hydroxylation is 1. The van der Waals surface area contributed by atoms with Gasteiger partial charge in [-0.3, -0.25) is 9.59 Å². The van der Waals surface area contributed by atoms with E-state index in [0.717, 1.165) is 18.4 Å². The highest BCUT2D eigenvalue weighted by molar-refractivity contribution is 6.14. The van der Waals surface area contributed by atoms with Crippen LogP contribution in [-0.4, -0.2) is 11.6 Å². The van der Waals surface area contributed by atoms with E-state index in [0.29, 0.717) is 22.3 Å². The van der Waals surface area contributed by atoms with Gasteiger partial charge in [0.15, 0.2) is 11.6 Å². The minimum atomic E-state index is -0.0588. The van der Waals surface area contributed by atoms with Crippen LogP contribution in [0.15, 0.2) is 72.3 Å². The molecular formula is C21H18O2. The molecule has 0 atom stereocenters. The van der Waals surface area contributed by atoms with Gasteiger partial charge in [0.2, 0.25) is 0 Å². The number of benzene rings is 2. The van der Waals surface area contributed by atoms with Gasteiger partial charge in [0.05, 0.1) is 0 Å². The maximum absolute atomic E-state index is 12.6. The van der Waals surface area contributed by atoms with Gasteiger partial charge in [0, 0.05) is 22.3 Å². The molecule has 0 radical (unpaired) electrons. The molecule has 3 rings (SSSR count). The molecule has 114 valence electrons. The number of hydrogen-bond donors (Lipinski definition) is 0. The second-order valence-corrected chi connectivity index (χ2v) is 5.75. The van der Waals surface area contributed by atoms with Gasteiger partial charge in [-0.15, -0.1) is 0 Å². The Kier molecular flexibility index (Phi) is 4.33.